The first-order chi connectivity index (χ1) is 6.81. The molecule has 1 saturated carbocycles. The zero-order chi connectivity index (χ0) is 9.97. The van der Waals surface area contributed by atoms with Gasteiger partial charge in [0.1, 0.15) is 0 Å². The average Bonchev–Trinajstić information content (AvgIpc) is 2.98. The predicted molar refractivity (Wildman–Crippen MR) is 60.3 cm³/mol. The van der Waals surface area contributed by atoms with E-state index in [4.69, 9.17) is 0 Å². The molecule has 0 N–H and O–H groups in total. The highest BCUT2D eigenvalue weighted by atomic mass is 14.3. The summed E-state index contributed by atoms with van der Waals surface area (Å²) < 4.78 is 0. The summed E-state index contributed by atoms with van der Waals surface area (Å²) in [5.74, 6) is 0.665. The quantitative estimate of drug-likeness (QED) is 0.608. The van der Waals surface area contributed by atoms with Crippen molar-refractivity contribution in [3.63, 3.8) is 0 Å². The van der Waals surface area contributed by atoms with Gasteiger partial charge in [0, 0.05) is 5.92 Å². The molecule has 0 amide bonds. The first kappa shape index (κ1) is 9.30. The van der Waals surface area contributed by atoms with Gasteiger partial charge in [0.05, 0.1) is 0 Å². The maximum Gasteiger partial charge on any atom is 0.0168 e. The fraction of sp³-hybridized carbons (Fsp3) is 0.357. The van der Waals surface area contributed by atoms with E-state index < -0.39 is 0 Å². The van der Waals surface area contributed by atoms with Crippen LogP contribution in [0.2, 0.25) is 0 Å². The fourth-order valence-corrected chi connectivity index (χ4v) is 1.67. The first-order valence-electron chi connectivity index (χ1n) is 5.31. The van der Waals surface area contributed by atoms with E-state index in [0.717, 1.165) is 6.42 Å². The monoisotopic (exact) mass is 184 g/mol. The molecule has 1 aromatic rings. The molecule has 0 saturated heterocycles. The van der Waals surface area contributed by atoms with Gasteiger partial charge in [0.15, 0.2) is 0 Å². The van der Waals surface area contributed by atoms with E-state index in [0.29, 0.717) is 5.92 Å². The topological polar surface area (TPSA) is 0 Å². The Morgan fingerprint density at radius 2 is 2.07 bits per heavy atom. The van der Waals surface area contributed by atoms with Crippen molar-refractivity contribution in [2.75, 3.05) is 0 Å². The average molecular weight is 184 g/mol. The van der Waals surface area contributed by atoms with E-state index in [1.807, 2.05) is 0 Å². The van der Waals surface area contributed by atoms with Crippen molar-refractivity contribution in [3.05, 3.63) is 52.8 Å². The Morgan fingerprint density at radius 1 is 1.36 bits per heavy atom. The second-order valence-electron chi connectivity index (χ2n) is 3.95. The highest BCUT2D eigenvalue weighted by Gasteiger charge is 2.30. The van der Waals surface area contributed by atoms with Crippen molar-refractivity contribution in [2.45, 2.75) is 32.6 Å². The lowest BCUT2D eigenvalue weighted by Gasteiger charge is -1.93. The maximum absolute atomic E-state index is 3.49. The molecule has 1 fully saturated rings. The third kappa shape index (κ3) is 1.97. The molecule has 14 heavy (non-hydrogen) atoms. The molecule has 2 rings (SSSR count). The molecule has 0 spiro atoms. The lowest BCUT2D eigenvalue weighted by Crippen LogP contribution is -1.75. The summed E-state index contributed by atoms with van der Waals surface area (Å²) in [5.41, 5.74) is 7.78. The predicted octanol–water partition coefficient (Wildman–Crippen LogP) is 4.06. The van der Waals surface area contributed by atoms with E-state index in [-0.39, 0.29) is 0 Å². The zero-order valence-electron chi connectivity index (χ0n) is 8.88. The zero-order valence-corrected chi connectivity index (χ0v) is 8.88. The van der Waals surface area contributed by atoms with Crippen molar-refractivity contribution in [1.29, 1.82) is 0 Å². The summed E-state index contributed by atoms with van der Waals surface area (Å²) in [6.45, 7) is 4.34. The van der Waals surface area contributed by atoms with Gasteiger partial charge in [0.2, 0.25) is 0 Å². The SMILES string of the molecule is CCC(C)=C=C1CC1c1ccccc1. The maximum atomic E-state index is 3.49. The highest BCUT2D eigenvalue weighted by molar-refractivity contribution is 5.41. The summed E-state index contributed by atoms with van der Waals surface area (Å²) >= 11 is 0. The standard InChI is InChI=1S/C14H16/c1-3-11(2)9-13-10-14(13)12-7-5-4-6-8-12/h4-8,14H,3,10H2,1-2H3. The van der Waals surface area contributed by atoms with E-state index in [1.165, 1.54) is 23.1 Å². The summed E-state index contributed by atoms with van der Waals surface area (Å²) in [7, 11) is 0. The molecule has 0 nitrogen and oxygen atoms in total. The molecule has 0 heterocycles. The van der Waals surface area contributed by atoms with Crippen LogP contribution in [0.25, 0.3) is 0 Å². The molecule has 0 aliphatic heterocycles. The molecular weight excluding hydrogens is 168 g/mol. The van der Waals surface area contributed by atoms with Crippen molar-refractivity contribution < 1.29 is 0 Å². The van der Waals surface area contributed by atoms with E-state index in [9.17, 15) is 0 Å². The van der Waals surface area contributed by atoms with Crippen LogP contribution < -0.4 is 0 Å². The molecule has 1 atom stereocenters. The highest BCUT2D eigenvalue weighted by Crippen LogP contribution is 2.46. The van der Waals surface area contributed by atoms with Gasteiger partial charge in [-0.2, -0.15) is 0 Å². The minimum atomic E-state index is 0.665. The third-order valence-electron chi connectivity index (χ3n) is 2.79. The summed E-state index contributed by atoms with van der Waals surface area (Å²) in [4.78, 5) is 0. The Labute approximate surface area is 86.0 Å². The lowest BCUT2D eigenvalue weighted by molar-refractivity contribution is 1.10. The Hall–Kier alpha value is -1.26. The van der Waals surface area contributed by atoms with Gasteiger partial charge in [-0.05, 0) is 36.5 Å². The Bertz CT molecular complexity index is 378. The normalized spacial score (nSPS) is 19.0. The van der Waals surface area contributed by atoms with Crippen molar-refractivity contribution in [3.8, 4) is 0 Å². The third-order valence-corrected chi connectivity index (χ3v) is 2.79. The van der Waals surface area contributed by atoms with Crippen LogP contribution in [0.4, 0.5) is 0 Å². The largest absolute Gasteiger partial charge is 0.122 e. The molecule has 1 aromatic carbocycles. The van der Waals surface area contributed by atoms with Gasteiger partial charge in [-0.1, -0.05) is 37.3 Å². The first-order valence-corrected chi connectivity index (χ1v) is 5.31. The molecule has 0 bridgehead atoms. The summed E-state index contributed by atoms with van der Waals surface area (Å²) in [6, 6.07) is 10.7. The Balaban J connectivity index is 2.18. The van der Waals surface area contributed by atoms with E-state index in [1.54, 1.807) is 0 Å². The number of rotatable bonds is 2. The molecular formula is C14H16. The van der Waals surface area contributed by atoms with Crippen LogP contribution in [0.5, 0.6) is 0 Å². The Kier molecular flexibility index (Phi) is 2.56. The molecule has 0 radical (unpaired) electrons. The molecule has 0 heteroatoms. The number of allylic oxidation sites excluding steroid dienone is 1. The molecule has 72 valence electrons. The van der Waals surface area contributed by atoms with Crippen molar-refractivity contribution in [2.24, 2.45) is 0 Å². The number of hydrogen-bond acceptors (Lipinski definition) is 0. The van der Waals surface area contributed by atoms with Crippen molar-refractivity contribution in [1.82, 2.24) is 0 Å². The van der Waals surface area contributed by atoms with E-state index >= 15 is 0 Å². The van der Waals surface area contributed by atoms with Crippen LogP contribution in [0.3, 0.4) is 0 Å². The number of benzene rings is 1. The van der Waals surface area contributed by atoms with Gasteiger partial charge in [-0.15, -0.1) is 5.73 Å². The minimum absolute atomic E-state index is 0.665. The van der Waals surface area contributed by atoms with Gasteiger partial charge >= 0.3 is 0 Å². The summed E-state index contributed by atoms with van der Waals surface area (Å²) in [6.07, 6.45) is 2.33. The van der Waals surface area contributed by atoms with Gasteiger partial charge in [-0.25, -0.2) is 0 Å². The van der Waals surface area contributed by atoms with Crippen LogP contribution in [0.15, 0.2) is 47.2 Å². The second kappa shape index (κ2) is 3.86. The Morgan fingerprint density at radius 3 is 2.71 bits per heavy atom. The van der Waals surface area contributed by atoms with Gasteiger partial charge in [0.25, 0.3) is 0 Å². The van der Waals surface area contributed by atoms with Crippen LogP contribution in [-0.2, 0) is 0 Å². The smallest absolute Gasteiger partial charge is 0.0168 e. The van der Waals surface area contributed by atoms with E-state index in [2.05, 4.69) is 49.9 Å². The van der Waals surface area contributed by atoms with Crippen molar-refractivity contribution >= 4 is 0 Å². The van der Waals surface area contributed by atoms with Crippen LogP contribution in [0, 0.1) is 0 Å². The minimum Gasteiger partial charge on any atom is -0.122 e. The van der Waals surface area contributed by atoms with Crippen LogP contribution in [-0.4, -0.2) is 0 Å². The fourth-order valence-electron chi connectivity index (χ4n) is 1.67. The molecule has 1 unspecified atom stereocenters. The molecule has 0 aromatic heterocycles. The van der Waals surface area contributed by atoms with Gasteiger partial charge in [-0.3, -0.25) is 0 Å². The number of hydrogen-bond donors (Lipinski definition) is 0. The van der Waals surface area contributed by atoms with Crippen LogP contribution >= 0.6 is 0 Å². The summed E-state index contributed by atoms with van der Waals surface area (Å²) in [5, 5.41) is 0. The molecule has 1 aliphatic carbocycles. The second-order valence-corrected chi connectivity index (χ2v) is 3.95. The molecule has 1 aliphatic rings. The van der Waals surface area contributed by atoms with Gasteiger partial charge < -0.3 is 0 Å². The lowest BCUT2D eigenvalue weighted by atomic mass is 10.1. The van der Waals surface area contributed by atoms with Crippen LogP contribution in [0.1, 0.15) is 38.2 Å².